The van der Waals surface area contributed by atoms with Crippen LogP contribution in [-0.4, -0.2) is 12.2 Å². The van der Waals surface area contributed by atoms with E-state index >= 15 is 0 Å². The van der Waals surface area contributed by atoms with E-state index in [4.69, 9.17) is 16.3 Å². The van der Waals surface area contributed by atoms with Crippen molar-refractivity contribution >= 4 is 33.2 Å². The Bertz CT molecular complexity index is 590. The van der Waals surface area contributed by atoms with Gasteiger partial charge in [0, 0.05) is 16.7 Å². The number of anilines is 1. The third kappa shape index (κ3) is 3.55. The van der Waals surface area contributed by atoms with E-state index in [2.05, 4.69) is 21.2 Å². The largest absolute Gasteiger partial charge is 0.506 e. The highest BCUT2D eigenvalue weighted by Gasteiger charge is 2.04. The van der Waals surface area contributed by atoms with Crippen LogP contribution in [0.1, 0.15) is 5.56 Å². The fraction of sp³-hybridized carbons (Fsp3) is 0.143. The number of methoxy groups -OCH3 is 1. The van der Waals surface area contributed by atoms with Gasteiger partial charge in [-0.3, -0.25) is 0 Å². The fourth-order valence-corrected chi connectivity index (χ4v) is 2.20. The quantitative estimate of drug-likeness (QED) is 0.808. The van der Waals surface area contributed by atoms with E-state index in [1.54, 1.807) is 25.3 Å². The van der Waals surface area contributed by atoms with Crippen LogP contribution in [0.4, 0.5) is 5.69 Å². The van der Waals surface area contributed by atoms with Crippen LogP contribution in [0.25, 0.3) is 0 Å². The first-order chi connectivity index (χ1) is 9.10. The number of ether oxygens (including phenoxy) is 1. The first kappa shape index (κ1) is 14.0. The first-order valence-corrected chi connectivity index (χ1v) is 6.82. The molecule has 100 valence electrons. The fourth-order valence-electron chi connectivity index (χ4n) is 1.63. The Kier molecular flexibility index (Phi) is 4.56. The summed E-state index contributed by atoms with van der Waals surface area (Å²) in [6.07, 6.45) is 0. The van der Waals surface area contributed by atoms with Gasteiger partial charge in [0.1, 0.15) is 11.5 Å². The first-order valence-electron chi connectivity index (χ1n) is 5.65. The lowest BCUT2D eigenvalue weighted by Crippen LogP contribution is -2.00. The molecule has 0 aliphatic heterocycles. The summed E-state index contributed by atoms with van der Waals surface area (Å²) >= 11 is 9.35. The van der Waals surface area contributed by atoms with Gasteiger partial charge in [-0.1, -0.05) is 27.5 Å². The monoisotopic (exact) mass is 341 g/mol. The van der Waals surface area contributed by atoms with Crippen LogP contribution in [0.3, 0.4) is 0 Å². The van der Waals surface area contributed by atoms with Gasteiger partial charge in [0.25, 0.3) is 0 Å². The summed E-state index contributed by atoms with van der Waals surface area (Å²) in [5, 5.41) is 12.9. The molecule has 0 bridgehead atoms. The summed E-state index contributed by atoms with van der Waals surface area (Å²) in [6, 6.07) is 10.8. The second kappa shape index (κ2) is 6.17. The van der Waals surface area contributed by atoms with Gasteiger partial charge in [-0.15, -0.1) is 0 Å². The molecule has 3 nitrogen and oxygen atoms in total. The predicted octanol–water partition coefficient (Wildman–Crippen LogP) is 4.43. The maximum atomic E-state index is 9.36. The molecule has 5 heteroatoms. The van der Waals surface area contributed by atoms with Gasteiger partial charge in [-0.25, -0.2) is 0 Å². The maximum Gasteiger partial charge on any atom is 0.134 e. The molecule has 0 unspecified atom stereocenters. The summed E-state index contributed by atoms with van der Waals surface area (Å²) in [5.74, 6) is 0.888. The zero-order valence-electron chi connectivity index (χ0n) is 10.3. The van der Waals surface area contributed by atoms with Crippen LogP contribution in [0.15, 0.2) is 40.9 Å². The summed E-state index contributed by atoms with van der Waals surface area (Å²) in [7, 11) is 1.64. The number of rotatable bonds is 4. The Labute approximate surface area is 125 Å². The number of phenols is 1. The third-order valence-electron chi connectivity index (χ3n) is 2.68. The Hall–Kier alpha value is -1.39. The third-order valence-corrected chi connectivity index (χ3v) is 3.76. The summed E-state index contributed by atoms with van der Waals surface area (Å²) < 4.78 is 6.20. The normalized spacial score (nSPS) is 10.3. The van der Waals surface area contributed by atoms with Crippen molar-refractivity contribution in [3.05, 3.63) is 51.5 Å². The molecule has 0 saturated heterocycles. The van der Waals surface area contributed by atoms with Crippen LogP contribution < -0.4 is 10.1 Å². The number of phenolic OH excluding ortho intramolecular Hbond substituents is 1. The highest BCUT2D eigenvalue weighted by molar-refractivity contribution is 9.10. The molecule has 0 aliphatic carbocycles. The minimum Gasteiger partial charge on any atom is -0.506 e. The van der Waals surface area contributed by atoms with Crippen LogP contribution in [0, 0.1) is 0 Å². The summed E-state index contributed by atoms with van der Waals surface area (Å²) in [4.78, 5) is 0. The molecular formula is C14H13BrClNO2. The lowest BCUT2D eigenvalue weighted by atomic mass is 10.2. The van der Waals surface area contributed by atoms with Crippen molar-refractivity contribution in [3.63, 3.8) is 0 Å². The Balaban J connectivity index is 2.11. The van der Waals surface area contributed by atoms with Crippen molar-refractivity contribution in [2.24, 2.45) is 0 Å². The van der Waals surface area contributed by atoms with Gasteiger partial charge >= 0.3 is 0 Å². The number of hydrogen-bond donors (Lipinski definition) is 2. The highest BCUT2D eigenvalue weighted by atomic mass is 79.9. The molecule has 0 amide bonds. The molecule has 19 heavy (non-hydrogen) atoms. The van der Waals surface area contributed by atoms with Crippen LogP contribution >= 0.6 is 27.5 Å². The Morgan fingerprint density at radius 1 is 1.26 bits per heavy atom. The van der Waals surface area contributed by atoms with Gasteiger partial charge in [0.05, 0.1) is 12.1 Å². The van der Waals surface area contributed by atoms with E-state index in [9.17, 15) is 5.11 Å². The maximum absolute atomic E-state index is 9.36. The number of benzene rings is 2. The second-order valence-corrected chi connectivity index (χ2v) is 5.24. The van der Waals surface area contributed by atoms with Crippen molar-refractivity contribution in [2.75, 3.05) is 12.4 Å². The molecule has 0 spiro atoms. The van der Waals surface area contributed by atoms with Gasteiger partial charge in [0.2, 0.25) is 0 Å². The van der Waals surface area contributed by atoms with Crippen molar-refractivity contribution in [1.82, 2.24) is 0 Å². The Morgan fingerprint density at radius 3 is 2.74 bits per heavy atom. The average molecular weight is 343 g/mol. The predicted molar refractivity (Wildman–Crippen MR) is 81.1 cm³/mol. The standard InChI is InChI=1S/C14H13BrClNO2/c1-19-11-3-4-12(15)9(6-11)8-17-10-2-5-14(18)13(16)7-10/h2-7,17-18H,8H2,1H3. The average Bonchev–Trinajstić information content (AvgIpc) is 2.41. The molecule has 0 saturated carbocycles. The van der Waals surface area contributed by atoms with Gasteiger partial charge in [-0.05, 0) is 42.0 Å². The van der Waals surface area contributed by atoms with Crippen LogP contribution in [0.2, 0.25) is 5.02 Å². The SMILES string of the molecule is COc1ccc(Br)c(CNc2ccc(O)c(Cl)c2)c1. The molecule has 0 fully saturated rings. The molecule has 2 rings (SSSR count). The minimum atomic E-state index is 0.0785. The number of aromatic hydroxyl groups is 1. The second-order valence-electron chi connectivity index (χ2n) is 3.98. The zero-order valence-corrected chi connectivity index (χ0v) is 12.6. The van der Waals surface area contributed by atoms with Crippen molar-refractivity contribution < 1.29 is 9.84 Å². The molecule has 0 aliphatic rings. The topological polar surface area (TPSA) is 41.5 Å². The van der Waals surface area contributed by atoms with E-state index < -0.39 is 0 Å². The zero-order chi connectivity index (χ0) is 13.8. The van der Waals surface area contributed by atoms with Crippen molar-refractivity contribution in [1.29, 1.82) is 0 Å². The Morgan fingerprint density at radius 2 is 2.05 bits per heavy atom. The lowest BCUT2D eigenvalue weighted by Gasteiger charge is -2.10. The summed E-state index contributed by atoms with van der Waals surface area (Å²) in [6.45, 7) is 0.624. The van der Waals surface area contributed by atoms with E-state index in [0.29, 0.717) is 11.6 Å². The minimum absolute atomic E-state index is 0.0785. The summed E-state index contributed by atoms with van der Waals surface area (Å²) in [5.41, 5.74) is 1.92. The van der Waals surface area contributed by atoms with Gasteiger partial charge in [0.15, 0.2) is 0 Å². The molecule has 2 aromatic rings. The lowest BCUT2D eigenvalue weighted by molar-refractivity contribution is 0.414. The molecule has 0 atom stereocenters. The van der Waals surface area contributed by atoms with E-state index in [1.807, 2.05) is 18.2 Å². The van der Waals surface area contributed by atoms with Crippen molar-refractivity contribution in [2.45, 2.75) is 6.54 Å². The van der Waals surface area contributed by atoms with Crippen molar-refractivity contribution in [3.8, 4) is 11.5 Å². The molecular weight excluding hydrogens is 330 g/mol. The van der Waals surface area contributed by atoms with Gasteiger partial charge in [-0.2, -0.15) is 0 Å². The number of nitrogens with one attached hydrogen (secondary N) is 1. The van der Waals surface area contributed by atoms with Gasteiger partial charge < -0.3 is 15.2 Å². The van der Waals surface area contributed by atoms with E-state index in [0.717, 1.165) is 21.5 Å². The molecule has 0 radical (unpaired) electrons. The van der Waals surface area contributed by atoms with E-state index in [-0.39, 0.29) is 5.75 Å². The molecule has 0 aromatic heterocycles. The molecule has 0 heterocycles. The van der Waals surface area contributed by atoms with Crippen LogP contribution in [-0.2, 0) is 6.54 Å². The van der Waals surface area contributed by atoms with Crippen LogP contribution in [0.5, 0.6) is 11.5 Å². The number of hydrogen-bond acceptors (Lipinski definition) is 3. The number of halogens is 2. The molecule has 2 N–H and O–H groups in total. The molecule has 2 aromatic carbocycles. The van der Waals surface area contributed by atoms with E-state index in [1.165, 1.54) is 0 Å². The smallest absolute Gasteiger partial charge is 0.134 e. The highest BCUT2D eigenvalue weighted by Crippen LogP contribution is 2.27.